The average molecular weight is 422 g/mol. The Morgan fingerprint density at radius 1 is 1.07 bits per heavy atom. The Bertz CT molecular complexity index is 895. The van der Waals surface area contributed by atoms with E-state index in [-0.39, 0.29) is 11.7 Å². The number of amides is 1. The van der Waals surface area contributed by atoms with Crippen molar-refractivity contribution >= 4 is 11.7 Å². The standard InChI is InChI=1S/C22H25F3N2O3/c1-15(28)20-13-19(30-16(20)2)7-8-21(29)27-11-9-26(10-12-27)14-17-3-5-18(6-4-17)22(23,24)25/h3-6,13H,7-12,14H2,1-2H3. The van der Waals surface area contributed by atoms with E-state index in [2.05, 4.69) is 4.90 Å². The molecule has 1 aliphatic heterocycles. The summed E-state index contributed by atoms with van der Waals surface area (Å²) in [6, 6.07) is 6.90. The van der Waals surface area contributed by atoms with Gasteiger partial charge in [0, 0.05) is 45.6 Å². The van der Waals surface area contributed by atoms with E-state index in [4.69, 9.17) is 4.42 Å². The Morgan fingerprint density at radius 2 is 1.70 bits per heavy atom. The Hall–Kier alpha value is -2.61. The van der Waals surface area contributed by atoms with Gasteiger partial charge in [0.2, 0.25) is 5.91 Å². The molecule has 0 radical (unpaired) electrons. The first-order valence-electron chi connectivity index (χ1n) is 9.90. The number of benzene rings is 1. The zero-order valence-corrected chi connectivity index (χ0v) is 17.1. The Morgan fingerprint density at radius 3 is 2.23 bits per heavy atom. The highest BCUT2D eigenvalue weighted by molar-refractivity contribution is 5.95. The van der Waals surface area contributed by atoms with Gasteiger partial charge >= 0.3 is 6.18 Å². The molecule has 0 N–H and O–H groups in total. The quantitative estimate of drug-likeness (QED) is 0.658. The van der Waals surface area contributed by atoms with Crippen LogP contribution in [0.4, 0.5) is 13.2 Å². The number of nitrogens with zero attached hydrogens (tertiary/aromatic N) is 2. The van der Waals surface area contributed by atoms with Gasteiger partial charge in [-0.05, 0) is 37.6 Å². The number of rotatable bonds is 6. The average Bonchev–Trinajstić information content (AvgIpc) is 3.07. The molecule has 3 rings (SSSR count). The van der Waals surface area contributed by atoms with Gasteiger partial charge in [-0.25, -0.2) is 0 Å². The maximum Gasteiger partial charge on any atom is 0.416 e. The fourth-order valence-electron chi connectivity index (χ4n) is 3.62. The van der Waals surface area contributed by atoms with Crippen LogP contribution in [0.5, 0.6) is 0 Å². The van der Waals surface area contributed by atoms with E-state index in [1.807, 2.05) is 0 Å². The van der Waals surface area contributed by atoms with Crippen molar-refractivity contribution in [3.63, 3.8) is 0 Å². The van der Waals surface area contributed by atoms with Crippen molar-refractivity contribution in [1.29, 1.82) is 0 Å². The van der Waals surface area contributed by atoms with Gasteiger partial charge in [-0.2, -0.15) is 13.2 Å². The summed E-state index contributed by atoms with van der Waals surface area (Å²) < 4.78 is 43.5. The lowest BCUT2D eigenvalue weighted by Crippen LogP contribution is -2.48. The number of carbonyl (C=O) groups excluding carboxylic acids is 2. The smallest absolute Gasteiger partial charge is 0.416 e. The minimum atomic E-state index is -4.33. The number of halogens is 3. The van der Waals surface area contributed by atoms with Crippen LogP contribution in [0.15, 0.2) is 34.7 Å². The second-order valence-electron chi connectivity index (χ2n) is 7.59. The van der Waals surface area contributed by atoms with E-state index in [1.54, 1.807) is 17.9 Å². The van der Waals surface area contributed by atoms with Crippen molar-refractivity contribution < 1.29 is 27.2 Å². The molecular weight excluding hydrogens is 397 g/mol. The normalized spacial score (nSPS) is 15.4. The van der Waals surface area contributed by atoms with Crippen molar-refractivity contribution in [3.8, 4) is 0 Å². The molecule has 0 bridgehead atoms. The predicted molar refractivity (Wildman–Crippen MR) is 105 cm³/mol. The highest BCUT2D eigenvalue weighted by atomic mass is 19.4. The molecule has 0 aliphatic carbocycles. The van der Waals surface area contributed by atoms with Gasteiger partial charge in [0.1, 0.15) is 11.5 Å². The molecular formula is C22H25F3N2O3. The first-order chi connectivity index (χ1) is 14.1. The molecule has 0 spiro atoms. The monoisotopic (exact) mass is 422 g/mol. The molecule has 2 aromatic rings. The number of hydrogen-bond acceptors (Lipinski definition) is 4. The van der Waals surface area contributed by atoms with E-state index in [1.165, 1.54) is 19.1 Å². The minimum Gasteiger partial charge on any atom is -0.466 e. The molecule has 1 saturated heterocycles. The van der Waals surface area contributed by atoms with Crippen LogP contribution in [0.2, 0.25) is 0 Å². The maximum absolute atomic E-state index is 12.7. The first kappa shape index (κ1) is 22.1. The molecule has 8 heteroatoms. The lowest BCUT2D eigenvalue weighted by Gasteiger charge is -2.34. The third-order valence-electron chi connectivity index (χ3n) is 5.35. The topological polar surface area (TPSA) is 53.8 Å². The van der Waals surface area contributed by atoms with E-state index in [0.717, 1.165) is 17.7 Å². The third-order valence-corrected chi connectivity index (χ3v) is 5.35. The number of carbonyl (C=O) groups is 2. The van der Waals surface area contributed by atoms with Crippen LogP contribution in [0.25, 0.3) is 0 Å². The van der Waals surface area contributed by atoms with Crippen LogP contribution in [0.1, 0.15) is 46.3 Å². The van der Waals surface area contributed by atoms with Gasteiger partial charge in [-0.15, -0.1) is 0 Å². The second-order valence-corrected chi connectivity index (χ2v) is 7.59. The fraction of sp³-hybridized carbons (Fsp3) is 0.455. The van der Waals surface area contributed by atoms with Crippen LogP contribution in [-0.4, -0.2) is 47.7 Å². The van der Waals surface area contributed by atoms with E-state index < -0.39 is 11.7 Å². The molecule has 0 saturated carbocycles. The number of alkyl halides is 3. The molecule has 162 valence electrons. The van der Waals surface area contributed by atoms with Gasteiger partial charge in [0.15, 0.2) is 5.78 Å². The Kier molecular flexibility index (Phi) is 6.65. The number of furan rings is 1. The number of ketones is 1. The molecule has 1 aromatic heterocycles. The summed E-state index contributed by atoms with van der Waals surface area (Å²) in [5.41, 5.74) is 0.718. The summed E-state index contributed by atoms with van der Waals surface area (Å²) >= 11 is 0. The summed E-state index contributed by atoms with van der Waals surface area (Å²) in [5.74, 6) is 1.18. The number of piperazine rings is 1. The molecule has 0 atom stereocenters. The van der Waals surface area contributed by atoms with Gasteiger partial charge in [0.25, 0.3) is 0 Å². The van der Waals surface area contributed by atoms with E-state index >= 15 is 0 Å². The molecule has 2 heterocycles. The van der Waals surface area contributed by atoms with E-state index in [9.17, 15) is 22.8 Å². The maximum atomic E-state index is 12.7. The number of Topliss-reactive ketones (excluding diaryl/α,β-unsaturated/α-hetero) is 1. The van der Waals surface area contributed by atoms with Crippen LogP contribution >= 0.6 is 0 Å². The van der Waals surface area contributed by atoms with Crippen molar-refractivity contribution in [2.24, 2.45) is 0 Å². The third kappa shape index (κ3) is 5.50. The highest BCUT2D eigenvalue weighted by Crippen LogP contribution is 2.29. The van der Waals surface area contributed by atoms with Crippen molar-refractivity contribution in [3.05, 3.63) is 58.5 Å². The minimum absolute atomic E-state index is 0.0302. The van der Waals surface area contributed by atoms with E-state index in [0.29, 0.717) is 62.6 Å². The van der Waals surface area contributed by atoms with Crippen LogP contribution in [-0.2, 0) is 23.9 Å². The largest absolute Gasteiger partial charge is 0.466 e. The highest BCUT2D eigenvalue weighted by Gasteiger charge is 2.30. The molecule has 1 aliphatic rings. The van der Waals surface area contributed by atoms with Gasteiger partial charge in [0.05, 0.1) is 11.1 Å². The second kappa shape index (κ2) is 9.04. The molecule has 1 fully saturated rings. The summed E-state index contributed by atoms with van der Waals surface area (Å²) in [4.78, 5) is 27.9. The van der Waals surface area contributed by atoms with Gasteiger partial charge in [-0.1, -0.05) is 12.1 Å². The van der Waals surface area contributed by atoms with Crippen molar-refractivity contribution in [1.82, 2.24) is 9.80 Å². The predicted octanol–water partition coefficient (Wildman–Crippen LogP) is 4.09. The van der Waals surface area contributed by atoms with Crippen LogP contribution in [0, 0.1) is 6.92 Å². The Labute approximate surface area is 173 Å². The van der Waals surface area contributed by atoms with Gasteiger partial charge < -0.3 is 9.32 Å². The summed E-state index contributed by atoms with van der Waals surface area (Å²) in [7, 11) is 0. The molecule has 30 heavy (non-hydrogen) atoms. The van der Waals surface area contributed by atoms with Crippen LogP contribution < -0.4 is 0 Å². The zero-order chi connectivity index (χ0) is 21.9. The summed E-state index contributed by atoms with van der Waals surface area (Å²) in [6.07, 6.45) is -3.57. The molecule has 1 aromatic carbocycles. The first-order valence-corrected chi connectivity index (χ1v) is 9.90. The number of hydrogen-bond donors (Lipinski definition) is 0. The van der Waals surface area contributed by atoms with Gasteiger partial charge in [-0.3, -0.25) is 14.5 Å². The summed E-state index contributed by atoms with van der Waals surface area (Å²) in [6.45, 7) is 6.27. The molecule has 5 nitrogen and oxygen atoms in total. The number of aryl methyl sites for hydroxylation is 2. The molecule has 0 unspecified atom stereocenters. The SMILES string of the molecule is CC(=O)c1cc(CCC(=O)N2CCN(Cc3ccc(C(F)(F)F)cc3)CC2)oc1C. The van der Waals surface area contributed by atoms with Crippen LogP contribution in [0.3, 0.4) is 0 Å². The zero-order valence-electron chi connectivity index (χ0n) is 17.1. The fourth-order valence-corrected chi connectivity index (χ4v) is 3.62. The van der Waals surface area contributed by atoms with Crippen molar-refractivity contribution in [2.45, 2.75) is 39.4 Å². The molecule has 1 amide bonds. The lowest BCUT2D eigenvalue weighted by atomic mass is 10.1. The van der Waals surface area contributed by atoms with Crippen molar-refractivity contribution in [2.75, 3.05) is 26.2 Å². The Balaban J connectivity index is 1.45. The summed E-state index contributed by atoms with van der Waals surface area (Å²) in [5, 5.41) is 0. The lowest BCUT2D eigenvalue weighted by molar-refractivity contribution is -0.137.